The van der Waals surface area contributed by atoms with Gasteiger partial charge in [-0.05, 0) is 19.1 Å². The van der Waals surface area contributed by atoms with Crippen molar-refractivity contribution in [3.63, 3.8) is 0 Å². The second-order valence-corrected chi connectivity index (χ2v) is 4.42. The lowest BCUT2D eigenvalue weighted by Crippen LogP contribution is -2.24. The molecule has 132 valence electrons. The zero-order valence-electron chi connectivity index (χ0n) is 12.5. The van der Waals surface area contributed by atoms with Gasteiger partial charge in [-0.3, -0.25) is 4.99 Å². The van der Waals surface area contributed by atoms with E-state index >= 15 is 0 Å². The molecule has 0 saturated carbocycles. The molecule has 1 aromatic carbocycles. The Morgan fingerprint density at radius 1 is 1.38 bits per heavy atom. The lowest BCUT2D eigenvalue weighted by Gasteiger charge is -2.14. The van der Waals surface area contributed by atoms with Crippen molar-refractivity contribution in [3.8, 4) is 5.75 Å². The van der Waals surface area contributed by atoms with Crippen LogP contribution in [0.25, 0.3) is 0 Å². The Morgan fingerprint density at radius 2 is 2.08 bits per heavy atom. The highest BCUT2D eigenvalue weighted by molar-refractivity contribution is 14.0. The summed E-state index contributed by atoms with van der Waals surface area (Å²) in [6.07, 6.45) is -4.43. The first-order chi connectivity index (χ1) is 10.8. The molecule has 7 nitrogen and oxygen atoms in total. The summed E-state index contributed by atoms with van der Waals surface area (Å²) in [7, 11) is 0. The molecule has 0 fully saturated rings. The fourth-order valence-electron chi connectivity index (χ4n) is 1.67. The first-order valence-corrected chi connectivity index (χ1v) is 6.54. The van der Waals surface area contributed by atoms with E-state index in [0.717, 1.165) is 0 Å². The summed E-state index contributed by atoms with van der Waals surface area (Å²) in [4.78, 5) is 7.97. The third kappa shape index (κ3) is 6.60. The Balaban J connectivity index is 0.00000288. The number of aromatic nitrogens is 2. The number of nitrogens with one attached hydrogen (secondary N) is 1. The first kappa shape index (κ1) is 20.0. The van der Waals surface area contributed by atoms with Crippen LogP contribution in [0.15, 0.2) is 33.8 Å². The molecule has 3 N–H and O–H groups in total. The third-order valence-electron chi connectivity index (χ3n) is 2.55. The van der Waals surface area contributed by atoms with Crippen molar-refractivity contribution in [2.45, 2.75) is 19.7 Å². The molecule has 0 aliphatic heterocycles. The summed E-state index contributed by atoms with van der Waals surface area (Å²) in [5.74, 6) is 0.457. The quantitative estimate of drug-likeness (QED) is 0.407. The molecule has 0 saturated heterocycles. The smallest absolute Gasteiger partial charge is 0.404 e. The van der Waals surface area contributed by atoms with Crippen LogP contribution in [0.5, 0.6) is 5.75 Å². The number of anilines is 1. The number of hydrogen-bond donors (Lipinski definition) is 2. The van der Waals surface area contributed by atoms with Crippen LogP contribution in [-0.4, -0.2) is 29.0 Å². The second kappa shape index (κ2) is 8.70. The zero-order valence-corrected chi connectivity index (χ0v) is 14.8. The van der Waals surface area contributed by atoms with Crippen molar-refractivity contribution >= 4 is 35.6 Å². The van der Waals surface area contributed by atoms with Crippen molar-refractivity contribution in [3.05, 3.63) is 36.0 Å². The fraction of sp³-hybridized carbons (Fsp3) is 0.308. The maximum Gasteiger partial charge on any atom is 0.573 e. The zero-order chi connectivity index (χ0) is 16.9. The van der Waals surface area contributed by atoms with Crippen LogP contribution in [0.3, 0.4) is 0 Å². The van der Waals surface area contributed by atoms with Crippen LogP contribution in [0.4, 0.5) is 18.9 Å². The maximum absolute atomic E-state index is 12.3. The molecular formula is C13H15F3IN5O2. The second-order valence-electron chi connectivity index (χ2n) is 4.42. The van der Waals surface area contributed by atoms with Crippen LogP contribution in [-0.2, 0) is 6.42 Å². The number of ether oxygens (including phenoxy) is 1. The number of guanidine groups is 1. The number of nitrogens with two attached hydrogens (primary N) is 1. The Labute approximate surface area is 152 Å². The Hall–Kier alpha value is -2.05. The Morgan fingerprint density at radius 3 is 2.71 bits per heavy atom. The molecule has 0 atom stereocenters. The fourth-order valence-corrected chi connectivity index (χ4v) is 1.67. The summed E-state index contributed by atoms with van der Waals surface area (Å²) < 4.78 is 45.8. The molecule has 0 aliphatic carbocycles. The van der Waals surface area contributed by atoms with E-state index in [1.807, 2.05) is 0 Å². The van der Waals surface area contributed by atoms with E-state index in [0.29, 0.717) is 18.1 Å². The van der Waals surface area contributed by atoms with Crippen LogP contribution >= 0.6 is 24.0 Å². The van der Waals surface area contributed by atoms with E-state index in [9.17, 15) is 13.2 Å². The number of hydrogen-bond acceptors (Lipinski definition) is 5. The minimum absolute atomic E-state index is 0. The average Bonchev–Trinajstić information content (AvgIpc) is 2.85. The van der Waals surface area contributed by atoms with Gasteiger partial charge in [0.05, 0.1) is 12.2 Å². The van der Waals surface area contributed by atoms with E-state index in [4.69, 9.17) is 10.3 Å². The van der Waals surface area contributed by atoms with Crippen molar-refractivity contribution in [2.75, 3.05) is 11.9 Å². The van der Waals surface area contributed by atoms with Gasteiger partial charge in [0.15, 0.2) is 17.5 Å². The molecule has 1 heterocycles. The summed E-state index contributed by atoms with van der Waals surface area (Å²) in [6, 6.07) is 5.52. The largest absolute Gasteiger partial charge is 0.573 e. The molecule has 0 spiro atoms. The molecule has 0 radical (unpaired) electrons. The van der Waals surface area contributed by atoms with E-state index in [-0.39, 0.29) is 42.2 Å². The number of halogens is 4. The van der Waals surface area contributed by atoms with Gasteiger partial charge in [0, 0.05) is 6.42 Å². The average molecular weight is 457 g/mol. The number of aryl methyl sites for hydroxylation is 1. The van der Waals surface area contributed by atoms with Gasteiger partial charge in [-0.2, -0.15) is 4.98 Å². The van der Waals surface area contributed by atoms with E-state index in [1.54, 1.807) is 13.0 Å². The van der Waals surface area contributed by atoms with Crippen molar-refractivity contribution in [2.24, 2.45) is 10.7 Å². The number of rotatable bonds is 5. The molecule has 11 heteroatoms. The topological polar surface area (TPSA) is 98.6 Å². The SMILES string of the molecule is Cc1noc(CCN=C(N)Nc2ccccc2OC(F)(F)F)n1.I. The lowest BCUT2D eigenvalue weighted by molar-refractivity contribution is -0.274. The number of benzene rings is 1. The highest BCUT2D eigenvalue weighted by Gasteiger charge is 2.32. The molecule has 2 rings (SSSR count). The van der Waals surface area contributed by atoms with E-state index in [2.05, 4.69) is 25.2 Å². The van der Waals surface area contributed by atoms with Crippen molar-refractivity contribution in [1.29, 1.82) is 0 Å². The standard InChI is InChI=1S/C13H14F3N5O2.HI/c1-8-19-11(23-21-8)6-7-18-12(17)20-9-4-2-3-5-10(9)22-13(14,15)16;/h2-5H,6-7H2,1H3,(H3,17,18,20);1H. The summed E-state index contributed by atoms with van der Waals surface area (Å²) in [5.41, 5.74) is 5.70. The van der Waals surface area contributed by atoms with E-state index in [1.165, 1.54) is 18.2 Å². The summed E-state index contributed by atoms with van der Waals surface area (Å²) >= 11 is 0. The molecule has 1 aromatic heterocycles. The minimum Gasteiger partial charge on any atom is -0.404 e. The molecule has 0 bridgehead atoms. The van der Waals surface area contributed by atoms with Gasteiger partial charge in [0.25, 0.3) is 0 Å². The van der Waals surface area contributed by atoms with Crippen molar-refractivity contribution in [1.82, 2.24) is 10.1 Å². The first-order valence-electron chi connectivity index (χ1n) is 6.54. The van der Waals surface area contributed by atoms with Crippen LogP contribution in [0.2, 0.25) is 0 Å². The molecule has 0 unspecified atom stereocenters. The highest BCUT2D eigenvalue weighted by Crippen LogP contribution is 2.29. The van der Waals surface area contributed by atoms with Gasteiger partial charge in [-0.1, -0.05) is 17.3 Å². The van der Waals surface area contributed by atoms with Crippen LogP contribution < -0.4 is 15.8 Å². The predicted molar refractivity (Wildman–Crippen MR) is 91.4 cm³/mol. The lowest BCUT2D eigenvalue weighted by atomic mass is 10.3. The minimum atomic E-state index is -4.79. The van der Waals surface area contributed by atoms with Crippen LogP contribution in [0, 0.1) is 6.92 Å². The number of aliphatic imine (C=N–C) groups is 1. The van der Waals surface area contributed by atoms with Gasteiger partial charge in [0.2, 0.25) is 5.89 Å². The van der Waals surface area contributed by atoms with Crippen LogP contribution in [0.1, 0.15) is 11.7 Å². The Bertz CT molecular complexity index is 690. The van der Waals surface area contributed by atoms with Gasteiger partial charge in [-0.25, -0.2) is 0 Å². The number of nitrogens with zero attached hydrogens (tertiary/aromatic N) is 3. The summed E-state index contributed by atoms with van der Waals surface area (Å²) in [5, 5.41) is 6.18. The molecule has 2 aromatic rings. The maximum atomic E-state index is 12.3. The van der Waals surface area contributed by atoms with Gasteiger partial charge in [0.1, 0.15) is 0 Å². The Kier molecular flexibility index (Phi) is 7.25. The van der Waals surface area contributed by atoms with E-state index < -0.39 is 12.1 Å². The molecular weight excluding hydrogens is 442 g/mol. The summed E-state index contributed by atoms with van der Waals surface area (Å²) in [6.45, 7) is 1.92. The van der Waals surface area contributed by atoms with Gasteiger partial charge < -0.3 is 20.3 Å². The normalized spacial score (nSPS) is 11.8. The number of alkyl halides is 3. The van der Waals surface area contributed by atoms with Gasteiger partial charge >= 0.3 is 6.36 Å². The molecule has 0 amide bonds. The molecule has 24 heavy (non-hydrogen) atoms. The third-order valence-corrected chi connectivity index (χ3v) is 2.55. The predicted octanol–water partition coefficient (Wildman–Crippen LogP) is 2.86. The monoisotopic (exact) mass is 457 g/mol. The number of para-hydroxylation sites is 2. The van der Waals surface area contributed by atoms with Crippen molar-refractivity contribution < 1.29 is 22.4 Å². The molecule has 0 aliphatic rings. The van der Waals surface area contributed by atoms with Gasteiger partial charge in [-0.15, -0.1) is 37.1 Å². The highest BCUT2D eigenvalue weighted by atomic mass is 127.